The summed E-state index contributed by atoms with van der Waals surface area (Å²) in [5, 5.41) is 3.63. The summed E-state index contributed by atoms with van der Waals surface area (Å²) in [6.45, 7) is 7.47. The van der Waals surface area contributed by atoms with Gasteiger partial charge in [0.15, 0.2) is 0 Å². The summed E-state index contributed by atoms with van der Waals surface area (Å²) in [5.41, 5.74) is 0. The van der Waals surface area contributed by atoms with Gasteiger partial charge in [-0.2, -0.15) is 0 Å². The summed E-state index contributed by atoms with van der Waals surface area (Å²) < 4.78 is 0. The van der Waals surface area contributed by atoms with Gasteiger partial charge in [0, 0.05) is 6.04 Å². The molecule has 1 nitrogen and oxygen atoms in total. The topological polar surface area (TPSA) is 12.0 Å². The molecule has 1 heterocycles. The van der Waals surface area contributed by atoms with Crippen molar-refractivity contribution in [2.45, 2.75) is 32.2 Å². The van der Waals surface area contributed by atoms with Gasteiger partial charge in [0.1, 0.15) is 0 Å². The number of allylic oxidation sites excluding steroid dienone is 1. The van der Waals surface area contributed by atoms with Crippen LogP contribution in [0.2, 0.25) is 0 Å². The molecule has 1 aliphatic heterocycles. The van der Waals surface area contributed by atoms with Crippen molar-refractivity contribution in [3.05, 3.63) is 12.7 Å². The molecular weight excluding hydrogens is 146 g/mol. The van der Waals surface area contributed by atoms with E-state index in [1.54, 1.807) is 0 Å². The Kier molecular flexibility index (Phi) is 2.22. The van der Waals surface area contributed by atoms with E-state index in [9.17, 15) is 0 Å². The van der Waals surface area contributed by atoms with E-state index in [-0.39, 0.29) is 0 Å². The quantitative estimate of drug-likeness (QED) is 0.618. The van der Waals surface area contributed by atoms with Crippen molar-refractivity contribution in [3.63, 3.8) is 0 Å². The van der Waals surface area contributed by atoms with Gasteiger partial charge < -0.3 is 5.32 Å². The van der Waals surface area contributed by atoms with Gasteiger partial charge in [0.25, 0.3) is 0 Å². The molecule has 1 aliphatic carbocycles. The standard InChI is InChI=1S/C11H19N/c1-3-8(2)11-9-4-5-10(11)12-7-6-9/h3,8-12H,1,4-7H2,2H3/t8-,9?,10?,11?/m0/s1. The van der Waals surface area contributed by atoms with Crippen LogP contribution in [0.25, 0.3) is 0 Å². The molecule has 1 N–H and O–H groups in total. The van der Waals surface area contributed by atoms with Crippen molar-refractivity contribution >= 4 is 0 Å². The molecule has 0 aromatic heterocycles. The Bertz CT molecular complexity index is 160. The van der Waals surface area contributed by atoms with E-state index in [0.717, 1.165) is 17.9 Å². The Balaban J connectivity index is 2.09. The summed E-state index contributed by atoms with van der Waals surface area (Å²) in [6.07, 6.45) is 6.36. The van der Waals surface area contributed by atoms with Gasteiger partial charge in [-0.1, -0.05) is 13.0 Å². The Hall–Kier alpha value is -0.300. The molecule has 12 heavy (non-hydrogen) atoms. The molecule has 68 valence electrons. The Morgan fingerprint density at radius 3 is 2.92 bits per heavy atom. The summed E-state index contributed by atoms with van der Waals surface area (Å²) in [6, 6.07) is 0.803. The second-order valence-corrected chi connectivity index (χ2v) is 4.36. The number of hydrogen-bond donors (Lipinski definition) is 1. The van der Waals surface area contributed by atoms with Crippen LogP contribution in [0.4, 0.5) is 0 Å². The lowest BCUT2D eigenvalue weighted by Crippen LogP contribution is -2.42. The highest BCUT2D eigenvalue weighted by molar-refractivity contribution is 4.99. The summed E-state index contributed by atoms with van der Waals surface area (Å²) in [5.74, 6) is 2.58. The van der Waals surface area contributed by atoms with Crippen LogP contribution >= 0.6 is 0 Å². The normalized spacial score (nSPS) is 42.6. The summed E-state index contributed by atoms with van der Waals surface area (Å²) in [7, 11) is 0. The molecule has 0 spiro atoms. The minimum atomic E-state index is 0.704. The smallest absolute Gasteiger partial charge is 0.0104 e. The molecule has 2 rings (SSSR count). The fourth-order valence-corrected chi connectivity index (χ4v) is 3.09. The third kappa shape index (κ3) is 1.20. The molecule has 0 aromatic carbocycles. The van der Waals surface area contributed by atoms with Gasteiger partial charge >= 0.3 is 0 Å². The van der Waals surface area contributed by atoms with Crippen LogP contribution in [0.5, 0.6) is 0 Å². The van der Waals surface area contributed by atoms with Crippen LogP contribution < -0.4 is 5.32 Å². The minimum Gasteiger partial charge on any atom is -0.314 e. The molecule has 1 heteroatoms. The number of nitrogens with one attached hydrogen (secondary N) is 1. The van der Waals surface area contributed by atoms with E-state index < -0.39 is 0 Å². The summed E-state index contributed by atoms with van der Waals surface area (Å²) in [4.78, 5) is 0. The highest BCUT2D eigenvalue weighted by Gasteiger charge is 2.40. The van der Waals surface area contributed by atoms with Crippen molar-refractivity contribution in [3.8, 4) is 0 Å². The van der Waals surface area contributed by atoms with Gasteiger partial charge in [-0.15, -0.1) is 6.58 Å². The number of piperidine rings is 1. The largest absolute Gasteiger partial charge is 0.314 e. The predicted molar refractivity (Wildman–Crippen MR) is 52.0 cm³/mol. The van der Waals surface area contributed by atoms with E-state index in [1.807, 2.05) is 0 Å². The van der Waals surface area contributed by atoms with Crippen molar-refractivity contribution in [2.75, 3.05) is 6.54 Å². The lowest BCUT2D eigenvalue weighted by molar-refractivity contribution is 0.215. The molecule has 2 bridgehead atoms. The van der Waals surface area contributed by atoms with Crippen molar-refractivity contribution in [2.24, 2.45) is 17.8 Å². The van der Waals surface area contributed by atoms with E-state index in [4.69, 9.17) is 0 Å². The Labute approximate surface area is 75.2 Å². The van der Waals surface area contributed by atoms with E-state index in [1.165, 1.54) is 25.8 Å². The molecule has 2 aliphatic rings. The third-order valence-electron chi connectivity index (χ3n) is 3.76. The van der Waals surface area contributed by atoms with E-state index in [2.05, 4.69) is 24.9 Å². The zero-order valence-electron chi connectivity index (χ0n) is 7.92. The Morgan fingerprint density at radius 1 is 1.42 bits per heavy atom. The third-order valence-corrected chi connectivity index (χ3v) is 3.76. The van der Waals surface area contributed by atoms with Gasteiger partial charge in [-0.3, -0.25) is 0 Å². The zero-order valence-corrected chi connectivity index (χ0v) is 7.92. The molecular formula is C11H19N. The molecule has 2 fully saturated rings. The van der Waals surface area contributed by atoms with E-state index >= 15 is 0 Å². The SMILES string of the molecule is C=C[C@H](C)C1C2CCNC1CC2. The highest BCUT2D eigenvalue weighted by atomic mass is 14.9. The second-order valence-electron chi connectivity index (χ2n) is 4.36. The predicted octanol–water partition coefficient (Wildman–Crippen LogP) is 2.20. The van der Waals surface area contributed by atoms with Crippen LogP contribution in [0.3, 0.4) is 0 Å². The maximum absolute atomic E-state index is 3.90. The fraction of sp³-hybridized carbons (Fsp3) is 0.818. The van der Waals surface area contributed by atoms with Crippen molar-refractivity contribution in [1.82, 2.24) is 5.32 Å². The molecule has 4 atom stereocenters. The zero-order chi connectivity index (χ0) is 8.55. The van der Waals surface area contributed by atoms with Gasteiger partial charge in [-0.05, 0) is 43.6 Å². The average molecular weight is 165 g/mol. The lowest BCUT2D eigenvalue weighted by atomic mass is 9.79. The first-order chi connectivity index (χ1) is 5.83. The molecule has 1 saturated heterocycles. The number of hydrogen-bond acceptors (Lipinski definition) is 1. The van der Waals surface area contributed by atoms with Crippen LogP contribution in [0.15, 0.2) is 12.7 Å². The first-order valence-corrected chi connectivity index (χ1v) is 5.19. The van der Waals surface area contributed by atoms with Crippen LogP contribution in [-0.4, -0.2) is 12.6 Å². The number of rotatable bonds is 2. The van der Waals surface area contributed by atoms with Crippen LogP contribution in [0, 0.1) is 17.8 Å². The summed E-state index contributed by atoms with van der Waals surface area (Å²) >= 11 is 0. The van der Waals surface area contributed by atoms with Crippen molar-refractivity contribution in [1.29, 1.82) is 0 Å². The average Bonchev–Trinajstić information content (AvgIpc) is 2.35. The molecule has 1 saturated carbocycles. The Morgan fingerprint density at radius 2 is 2.25 bits per heavy atom. The molecule has 0 aromatic rings. The van der Waals surface area contributed by atoms with Crippen LogP contribution in [0.1, 0.15) is 26.2 Å². The lowest BCUT2D eigenvalue weighted by Gasteiger charge is -2.34. The second kappa shape index (κ2) is 3.21. The van der Waals surface area contributed by atoms with E-state index in [0.29, 0.717) is 5.92 Å². The highest BCUT2D eigenvalue weighted by Crippen LogP contribution is 2.41. The van der Waals surface area contributed by atoms with Crippen molar-refractivity contribution < 1.29 is 0 Å². The monoisotopic (exact) mass is 165 g/mol. The molecule has 0 amide bonds. The van der Waals surface area contributed by atoms with Gasteiger partial charge in [0.05, 0.1) is 0 Å². The fourth-order valence-electron chi connectivity index (χ4n) is 3.09. The molecule has 3 unspecified atom stereocenters. The maximum atomic E-state index is 3.90. The van der Waals surface area contributed by atoms with Gasteiger partial charge in [0.2, 0.25) is 0 Å². The maximum Gasteiger partial charge on any atom is 0.0104 e. The molecule has 0 radical (unpaired) electrons. The first-order valence-electron chi connectivity index (χ1n) is 5.19. The van der Waals surface area contributed by atoms with Crippen LogP contribution in [-0.2, 0) is 0 Å². The number of fused-ring (bicyclic) bond motifs is 2. The first kappa shape index (κ1) is 8.31. The minimum absolute atomic E-state index is 0.704. The van der Waals surface area contributed by atoms with Gasteiger partial charge in [-0.25, -0.2) is 0 Å².